The van der Waals surface area contributed by atoms with Crippen LogP contribution in [0.25, 0.3) is 0 Å². The number of aryl methyl sites for hydroxylation is 1. The largest absolute Gasteiger partial charge is 0.325 e. The Morgan fingerprint density at radius 3 is 2.52 bits per heavy atom. The van der Waals surface area contributed by atoms with Gasteiger partial charge < -0.3 is 16.4 Å². The standard InChI is InChI=1S/C15H16N4O2/c1-10-2-3-12(18-14(20)9-16)8-13(10)19-15(21)11-4-6-17-7-5-11/h2-8H,9,16H2,1H3,(H,18,20)(H,19,21). The number of amides is 2. The molecule has 0 saturated carbocycles. The van der Waals surface area contributed by atoms with Gasteiger partial charge in [0.05, 0.1) is 6.54 Å². The van der Waals surface area contributed by atoms with E-state index < -0.39 is 0 Å². The molecular weight excluding hydrogens is 268 g/mol. The van der Waals surface area contributed by atoms with E-state index in [4.69, 9.17) is 5.73 Å². The van der Waals surface area contributed by atoms with E-state index in [1.54, 1.807) is 36.7 Å². The Morgan fingerprint density at radius 1 is 1.14 bits per heavy atom. The average Bonchev–Trinajstić information content (AvgIpc) is 2.51. The highest BCUT2D eigenvalue weighted by atomic mass is 16.2. The number of benzene rings is 1. The van der Waals surface area contributed by atoms with Gasteiger partial charge in [-0.1, -0.05) is 6.07 Å². The molecule has 0 saturated heterocycles. The normalized spacial score (nSPS) is 10.0. The SMILES string of the molecule is Cc1ccc(NC(=O)CN)cc1NC(=O)c1ccncc1. The van der Waals surface area contributed by atoms with Gasteiger partial charge in [-0.3, -0.25) is 14.6 Å². The number of nitrogens with one attached hydrogen (secondary N) is 2. The molecule has 0 aliphatic carbocycles. The van der Waals surface area contributed by atoms with Crippen LogP contribution in [0.15, 0.2) is 42.7 Å². The fourth-order valence-electron chi connectivity index (χ4n) is 1.74. The van der Waals surface area contributed by atoms with Gasteiger partial charge in [0.2, 0.25) is 5.91 Å². The summed E-state index contributed by atoms with van der Waals surface area (Å²) in [6, 6.07) is 8.52. The van der Waals surface area contributed by atoms with Gasteiger partial charge >= 0.3 is 0 Å². The first-order valence-corrected chi connectivity index (χ1v) is 6.42. The molecule has 4 N–H and O–H groups in total. The van der Waals surface area contributed by atoms with Crippen molar-refractivity contribution in [2.45, 2.75) is 6.92 Å². The molecule has 1 heterocycles. The molecule has 0 fully saturated rings. The summed E-state index contributed by atoms with van der Waals surface area (Å²) in [4.78, 5) is 27.3. The Hall–Kier alpha value is -2.73. The van der Waals surface area contributed by atoms with Gasteiger partial charge in [-0.25, -0.2) is 0 Å². The second kappa shape index (κ2) is 6.62. The number of anilines is 2. The summed E-state index contributed by atoms with van der Waals surface area (Å²) < 4.78 is 0. The molecular formula is C15H16N4O2. The average molecular weight is 284 g/mol. The summed E-state index contributed by atoms with van der Waals surface area (Å²) in [7, 11) is 0. The van der Waals surface area contributed by atoms with Crippen molar-refractivity contribution in [3.8, 4) is 0 Å². The van der Waals surface area contributed by atoms with E-state index in [1.807, 2.05) is 13.0 Å². The van der Waals surface area contributed by atoms with Crippen molar-refractivity contribution < 1.29 is 9.59 Å². The first-order chi connectivity index (χ1) is 10.1. The molecule has 0 bridgehead atoms. The zero-order valence-corrected chi connectivity index (χ0v) is 11.6. The molecule has 2 rings (SSSR count). The van der Waals surface area contributed by atoms with Crippen LogP contribution in [0.1, 0.15) is 15.9 Å². The minimum Gasteiger partial charge on any atom is -0.325 e. The Labute approximate surface area is 122 Å². The summed E-state index contributed by atoms with van der Waals surface area (Å²) in [5.74, 6) is -0.520. The van der Waals surface area contributed by atoms with E-state index in [9.17, 15) is 9.59 Å². The summed E-state index contributed by atoms with van der Waals surface area (Å²) >= 11 is 0. The first kappa shape index (κ1) is 14.7. The van der Waals surface area contributed by atoms with Crippen molar-refractivity contribution in [1.82, 2.24) is 4.98 Å². The maximum atomic E-state index is 12.1. The molecule has 0 atom stereocenters. The van der Waals surface area contributed by atoms with Crippen LogP contribution in [-0.2, 0) is 4.79 Å². The smallest absolute Gasteiger partial charge is 0.255 e. The summed E-state index contributed by atoms with van der Waals surface area (Å²) in [6.07, 6.45) is 3.11. The lowest BCUT2D eigenvalue weighted by molar-refractivity contribution is -0.114. The molecule has 21 heavy (non-hydrogen) atoms. The van der Waals surface area contributed by atoms with Gasteiger partial charge in [-0.15, -0.1) is 0 Å². The second-order valence-electron chi connectivity index (χ2n) is 4.47. The number of nitrogens with two attached hydrogens (primary N) is 1. The van der Waals surface area contributed by atoms with Gasteiger partial charge in [-0.05, 0) is 36.8 Å². The second-order valence-corrected chi connectivity index (χ2v) is 4.47. The van der Waals surface area contributed by atoms with E-state index >= 15 is 0 Å². The van der Waals surface area contributed by atoms with Crippen molar-refractivity contribution in [2.24, 2.45) is 5.73 Å². The first-order valence-electron chi connectivity index (χ1n) is 6.42. The van der Waals surface area contributed by atoms with Gasteiger partial charge in [0.15, 0.2) is 0 Å². The van der Waals surface area contributed by atoms with Crippen LogP contribution in [-0.4, -0.2) is 23.3 Å². The number of nitrogens with zero attached hydrogens (tertiary/aromatic N) is 1. The van der Waals surface area contributed by atoms with Crippen LogP contribution in [0, 0.1) is 6.92 Å². The summed E-state index contributed by atoms with van der Waals surface area (Å²) in [6.45, 7) is 1.78. The zero-order valence-electron chi connectivity index (χ0n) is 11.6. The molecule has 0 radical (unpaired) electrons. The predicted molar refractivity (Wildman–Crippen MR) is 81.1 cm³/mol. The lowest BCUT2D eigenvalue weighted by atomic mass is 10.1. The lowest BCUT2D eigenvalue weighted by Gasteiger charge is -2.11. The minimum absolute atomic E-state index is 0.0907. The topological polar surface area (TPSA) is 97.1 Å². The Kier molecular flexibility index (Phi) is 4.63. The van der Waals surface area contributed by atoms with E-state index in [-0.39, 0.29) is 18.4 Å². The molecule has 0 aliphatic rings. The monoisotopic (exact) mass is 284 g/mol. The quantitative estimate of drug-likeness (QED) is 0.793. The van der Waals surface area contributed by atoms with Gasteiger partial charge in [0.1, 0.15) is 0 Å². The lowest BCUT2D eigenvalue weighted by Crippen LogP contribution is -2.22. The Morgan fingerprint density at radius 2 is 1.86 bits per heavy atom. The molecule has 0 spiro atoms. The van der Waals surface area contributed by atoms with Crippen LogP contribution in [0.5, 0.6) is 0 Å². The number of aromatic nitrogens is 1. The molecule has 2 aromatic rings. The van der Waals surface area contributed by atoms with Gasteiger partial charge in [0, 0.05) is 29.3 Å². The van der Waals surface area contributed by atoms with Crippen molar-refractivity contribution in [2.75, 3.05) is 17.2 Å². The third-order valence-corrected chi connectivity index (χ3v) is 2.90. The van der Waals surface area contributed by atoms with E-state index in [1.165, 1.54) is 0 Å². The van der Waals surface area contributed by atoms with Crippen molar-refractivity contribution >= 4 is 23.2 Å². The number of hydrogen-bond donors (Lipinski definition) is 3. The van der Waals surface area contributed by atoms with Crippen molar-refractivity contribution in [3.63, 3.8) is 0 Å². The minimum atomic E-state index is -0.287. The third kappa shape index (κ3) is 3.87. The molecule has 0 unspecified atom stereocenters. The summed E-state index contributed by atoms with van der Waals surface area (Å²) in [5.41, 5.74) is 7.88. The number of hydrogen-bond acceptors (Lipinski definition) is 4. The molecule has 2 amide bonds. The fraction of sp³-hybridized carbons (Fsp3) is 0.133. The zero-order chi connectivity index (χ0) is 15.2. The van der Waals surface area contributed by atoms with Crippen molar-refractivity contribution in [3.05, 3.63) is 53.9 Å². The number of carbonyl (C=O) groups excluding carboxylic acids is 2. The van der Waals surface area contributed by atoms with Crippen LogP contribution in [0.3, 0.4) is 0 Å². The molecule has 108 valence electrons. The maximum Gasteiger partial charge on any atom is 0.255 e. The molecule has 1 aromatic carbocycles. The molecule has 1 aromatic heterocycles. The Bertz CT molecular complexity index is 656. The molecule has 6 nitrogen and oxygen atoms in total. The highest BCUT2D eigenvalue weighted by molar-refractivity contribution is 6.05. The Balaban J connectivity index is 2.17. The fourth-order valence-corrected chi connectivity index (χ4v) is 1.74. The third-order valence-electron chi connectivity index (χ3n) is 2.90. The number of carbonyl (C=O) groups is 2. The van der Waals surface area contributed by atoms with Crippen LogP contribution in [0.4, 0.5) is 11.4 Å². The molecule has 6 heteroatoms. The number of rotatable bonds is 4. The van der Waals surface area contributed by atoms with Crippen LogP contribution >= 0.6 is 0 Å². The number of pyridine rings is 1. The summed E-state index contributed by atoms with van der Waals surface area (Å²) in [5, 5.41) is 5.46. The van der Waals surface area contributed by atoms with E-state index in [0.717, 1.165) is 5.56 Å². The highest BCUT2D eigenvalue weighted by Gasteiger charge is 2.08. The maximum absolute atomic E-state index is 12.1. The van der Waals surface area contributed by atoms with Crippen LogP contribution in [0.2, 0.25) is 0 Å². The highest BCUT2D eigenvalue weighted by Crippen LogP contribution is 2.21. The van der Waals surface area contributed by atoms with E-state index in [2.05, 4.69) is 15.6 Å². The molecule has 0 aliphatic heterocycles. The van der Waals surface area contributed by atoms with E-state index in [0.29, 0.717) is 16.9 Å². The van der Waals surface area contributed by atoms with Gasteiger partial charge in [0.25, 0.3) is 5.91 Å². The predicted octanol–water partition coefficient (Wildman–Crippen LogP) is 1.54. The van der Waals surface area contributed by atoms with Gasteiger partial charge in [-0.2, -0.15) is 0 Å². The van der Waals surface area contributed by atoms with Crippen LogP contribution < -0.4 is 16.4 Å². The van der Waals surface area contributed by atoms with Crippen molar-refractivity contribution in [1.29, 1.82) is 0 Å².